The summed E-state index contributed by atoms with van der Waals surface area (Å²) in [5.74, 6) is 0.776. The van der Waals surface area contributed by atoms with E-state index in [0.29, 0.717) is 40.3 Å². The van der Waals surface area contributed by atoms with Gasteiger partial charge in [0.25, 0.3) is 11.8 Å². The first-order valence-electron chi connectivity index (χ1n) is 15.6. The lowest BCUT2D eigenvalue weighted by Gasteiger charge is -2.47. The summed E-state index contributed by atoms with van der Waals surface area (Å²) in [6.45, 7) is 14.1. The predicted molar refractivity (Wildman–Crippen MR) is 174 cm³/mol. The second-order valence-electron chi connectivity index (χ2n) is 14.5. The van der Waals surface area contributed by atoms with Crippen LogP contribution in [0.1, 0.15) is 108 Å². The van der Waals surface area contributed by atoms with Crippen molar-refractivity contribution in [3.05, 3.63) is 64.4 Å². The zero-order valence-electron chi connectivity index (χ0n) is 26.7. The van der Waals surface area contributed by atoms with E-state index in [1.54, 1.807) is 18.5 Å². The Morgan fingerprint density at radius 1 is 1.09 bits per heavy atom. The number of carbonyl (C=O) groups excluding carboxylic acids is 2. The Bertz CT molecular complexity index is 1480. The summed E-state index contributed by atoms with van der Waals surface area (Å²) in [5.41, 5.74) is 2.21. The molecule has 2 aliphatic heterocycles. The van der Waals surface area contributed by atoms with Crippen LogP contribution in [0.15, 0.2) is 62.9 Å². The van der Waals surface area contributed by atoms with E-state index in [9.17, 15) is 9.59 Å². The van der Waals surface area contributed by atoms with Crippen molar-refractivity contribution in [2.24, 2.45) is 37.0 Å². The predicted octanol–water partition coefficient (Wildman–Crippen LogP) is 7.42. The lowest BCUT2D eigenvalue weighted by molar-refractivity contribution is -0.134. The molecule has 1 atom stereocenters. The molecule has 2 amide bonds. The van der Waals surface area contributed by atoms with Gasteiger partial charge in [0.2, 0.25) is 0 Å². The number of benzene rings is 1. The summed E-state index contributed by atoms with van der Waals surface area (Å²) in [7, 11) is 0. The van der Waals surface area contributed by atoms with Gasteiger partial charge in [-0.05, 0) is 79.0 Å². The van der Waals surface area contributed by atoms with Crippen LogP contribution in [0.3, 0.4) is 0 Å². The van der Waals surface area contributed by atoms with E-state index in [4.69, 9.17) is 16.6 Å². The molecule has 5 rings (SSSR count). The molecule has 1 N–H and O–H groups in total. The molecular weight excluding hydrogens is 574 g/mol. The number of pyridine rings is 1. The normalized spacial score (nSPS) is 22.8. The maximum absolute atomic E-state index is 14.5. The first-order valence-corrected chi connectivity index (χ1v) is 16.0. The Hall–Kier alpha value is -3.46. The molecule has 1 saturated carbocycles. The van der Waals surface area contributed by atoms with Crippen LogP contribution in [-0.2, 0) is 4.79 Å². The second kappa shape index (κ2) is 12.5. The Kier molecular flexibility index (Phi) is 9.08. The second-order valence-corrected chi connectivity index (χ2v) is 15.0. The minimum absolute atomic E-state index is 0.0682. The number of nitrogens with zero attached hydrogens (tertiary/aromatic N) is 6. The molecule has 0 radical (unpaired) electrons. The highest BCUT2D eigenvalue weighted by atomic mass is 35.5. The zero-order chi connectivity index (χ0) is 31.7. The van der Waals surface area contributed by atoms with Crippen LogP contribution in [0.4, 0.5) is 0 Å². The number of hydrogen-bond donors (Lipinski definition) is 1. The molecule has 3 aliphatic rings. The number of aromatic nitrogens is 1. The minimum Gasteiger partial charge on any atom is -0.345 e. The lowest BCUT2D eigenvalue weighted by Crippen LogP contribution is -2.51. The van der Waals surface area contributed by atoms with E-state index in [0.717, 1.165) is 44.1 Å². The number of rotatable bonds is 8. The van der Waals surface area contributed by atoms with E-state index in [-0.39, 0.29) is 35.2 Å². The van der Waals surface area contributed by atoms with Crippen LogP contribution in [0.5, 0.6) is 0 Å². The summed E-state index contributed by atoms with van der Waals surface area (Å²) < 4.78 is 0. The lowest BCUT2D eigenvalue weighted by atomic mass is 9.69. The molecule has 0 saturated heterocycles. The van der Waals surface area contributed by atoms with Gasteiger partial charge in [0.05, 0.1) is 17.6 Å². The molecule has 1 aliphatic carbocycles. The number of amides is 2. The van der Waals surface area contributed by atoms with Crippen LogP contribution in [0, 0.1) is 16.7 Å². The fourth-order valence-electron chi connectivity index (χ4n) is 6.55. The van der Waals surface area contributed by atoms with Gasteiger partial charge in [0.1, 0.15) is 11.4 Å². The topological polar surface area (TPSA) is 112 Å². The van der Waals surface area contributed by atoms with Crippen LogP contribution >= 0.6 is 11.6 Å². The Morgan fingerprint density at radius 3 is 2.39 bits per heavy atom. The number of carbonyl (C=O) groups is 2. The first-order chi connectivity index (χ1) is 20.8. The number of hydrogen-bond acceptors (Lipinski definition) is 7. The molecule has 1 fully saturated rings. The number of halogens is 1. The fourth-order valence-corrected chi connectivity index (χ4v) is 6.73. The monoisotopic (exact) mass is 617 g/mol. The molecule has 234 valence electrons. The third-order valence-electron chi connectivity index (χ3n) is 9.13. The van der Waals surface area contributed by atoms with Crippen molar-refractivity contribution in [2.75, 3.05) is 13.2 Å². The van der Waals surface area contributed by atoms with Gasteiger partial charge >= 0.3 is 0 Å². The van der Waals surface area contributed by atoms with Crippen molar-refractivity contribution in [2.45, 2.75) is 91.8 Å². The van der Waals surface area contributed by atoms with Crippen LogP contribution < -0.4 is 5.32 Å². The zero-order valence-corrected chi connectivity index (χ0v) is 27.5. The minimum atomic E-state index is -0.647. The molecule has 3 heterocycles. The molecule has 9 nitrogen and oxygen atoms in total. The number of azo groups is 1. The van der Waals surface area contributed by atoms with E-state index < -0.39 is 5.66 Å². The summed E-state index contributed by atoms with van der Waals surface area (Å²) >= 11 is 6.32. The van der Waals surface area contributed by atoms with Gasteiger partial charge in [-0.3, -0.25) is 19.6 Å². The number of aliphatic imine (C=N–C) groups is 2. The largest absolute Gasteiger partial charge is 0.345 e. The molecule has 0 unspecified atom stereocenters. The summed E-state index contributed by atoms with van der Waals surface area (Å²) in [6, 6.07) is 9.19. The van der Waals surface area contributed by atoms with E-state index >= 15 is 0 Å². The molecular formula is C34H44ClN7O2. The van der Waals surface area contributed by atoms with Gasteiger partial charge in [-0.25, -0.2) is 4.99 Å². The Morgan fingerprint density at radius 2 is 1.80 bits per heavy atom. The van der Waals surface area contributed by atoms with E-state index in [2.05, 4.69) is 72.0 Å². The third-order valence-corrected chi connectivity index (χ3v) is 9.33. The average Bonchev–Trinajstić information content (AvgIpc) is 3.58. The van der Waals surface area contributed by atoms with Gasteiger partial charge in [-0.15, -0.1) is 5.11 Å². The number of nitrogens with one attached hydrogen (secondary N) is 1. The smallest absolute Gasteiger partial charge is 0.275 e. The highest BCUT2D eigenvalue weighted by Gasteiger charge is 2.52. The molecule has 2 aromatic rings. The SMILES string of the molecule is CC(C)(C)CC[C@H](c1ccc(C(=O)NCC2=NCN=N2)cc1)N1C(=O)C(c2cncc(Cl)c2)=NC12CCC(C(C)(C)C)CC2. The number of amidine groups is 1. The van der Waals surface area contributed by atoms with Crippen LogP contribution in [0.2, 0.25) is 5.02 Å². The van der Waals surface area contributed by atoms with Crippen molar-refractivity contribution in [1.82, 2.24) is 15.2 Å². The summed E-state index contributed by atoms with van der Waals surface area (Å²) in [4.78, 5) is 43.1. The van der Waals surface area contributed by atoms with Gasteiger partial charge < -0.3 is 10.2 Å². The maximum atomic E-state index is 14.5. The van der Waals surface area contributed by atoms with Gasteiger partial charge in [-0.1, -0.05) is 65.3 Å². The van der Waals surface area contributed by atoms with Crippen molar-refractivity contribution in [3.63, 3.8) is 0 Å². The van der Waals surface area contributed by atoms with Crippen LogP contribution in [0.25, 0.3) is 0 Å². The highest BCUT2D eigenvalue weighted by Crippen LogP contribution is 2.50. The van der Waals surface area contributed by atoms with Crippen molar-refractivity contribution in [1.29, 1.82) is 0 Å². The van der Waals surface area contributed by atoms with Crippen molar-refractivity contribution >= 4 is 35.0 Å². The molecule has 10 heteroatoms. The van der Waals surface area contributed by atoms with Crippen LogP contribution in [-0.4, -0.2) is 52.1 Å². The molecule has 1 aromatic carbocycles. The highest BCUT2D eigenvalue weighted by molar-refractivity contribution is 6.47. The first kappa shape index (κ1) is 31.9. The van der Waals surface area contributed by atoms with Gasteiger partial charge in [0.15, 0.2) is 12.5 Å². The molecule has 44 heavy (non-hydrogen) atoms. The Balaban J connectivity index is 1.49. The Labute approximate surface area is 265 Å². The van der Waals surface area contributed by atoms with Gasteiger partial charge in [-0.2, -0.15) is 5.11 Å². The quantitative estimate of drug-likeness (QED) is 0.333. The third kappa shape index (κ3) is 7.09. The fraction of sp³-hybridized carbons (Fsp3) is 0.559. The van der Waals surface area contributed by atoms with Crippen molar-refractivity contribution in [3.8, 4) is 0 Å². The average molecular weight is 618 g/mol. The van der Waals surface area contributed by atoms with Crippen molar-refractivity contribution < 1.29 is 9.59 Å². The standard InChI is InChI=1S/C34H44ClN7O2/c1-32(2,3)14-13-27(22-7-9-23(10-8-22)30(43)37-20-28-38-21-39-41-28)42-31(44)29(24-17-26(35)19-36-18-24)40-34(42)15-11-25(12-16-34)33(4,5)6/h7-10,17-19,25,27H,11-16,20-21H2,1-6H3,(H,37,43)/t25?,27-,34?/m1/s1. The van der Waals surface area contributed by atoms with Gasteiger partial charge in [0, 0.05) is 23.5 Å². The molecule has 1 aromatic heterocycles. The summed E-state index contributed by atoms with van der Waals surface area (Å²) in [6.07, 6.45) is 8.51. The molecule has 1 spiro atoms. The van der Waals surface area contributed by atoms with E-state index in [1.165, 1.54) is 0 Å². The maximum Gasteiger partial charge on any atom is 0.275 e. The van der Waals surface area contributed by atoms with E-state index in [1.807, 2.05) is 24.3 Å². The summed E-state index contributed by atoms with van der Waals surface area (Å²) in [5, 5.41) is 11.1. The molecule has 0 bridgehead atoms.